The number of hydrogen-bond acceptors (Lipinski definition) is 8. The average molecular weight is 589 g/mol. The van der Waals surface area contributed by atoms with Gasteiger partial charge in [0.1, 0.15) is 12.3 Å². The van der Waals surface area contributed by atoms with Crippen molar-refractivity contribution in [1.29, 1.82) is 0 Å². The summed E-state index contributed by atoms with van der Waals surface area (Å²) in [4.78, 5) is 34.3. The number of ether oxygens (including phenoxy) is 1. The number of fused-ring (bicyclic) bond motifs is 3. The minimum atomic E-state index is -4.34. The molecule has 3 fully saturated rings. The van der Waals surface area contributed by atoms with Gasteiger partial charge in [0, 0.05) is 56.5 Å². The van der Waals surface area contributed by atoms with Gasteiger partial charge in [0.05, 0.1) is 31.5 Å². The van der Waals surface area contributed by atoms with Crippen LogP contribution < -0.4 is 5.32 Å². The molecule has 2 atom stereocenters. The molecule has 1 amide bonds. The first-order valence-electron chi connectivity index (χ1n) is 14.4. The lowest BCUT2D eigenvalue weighted by Gasteiger charge is -2.45. The Morgan fingerprint density at radius 2 is 1.86 bits per heavy atom. The third kappa shape index (κ3) is 6.28. The van der Waals surface area contributed by atoms with Crippen LogP contribution in [0.15, 0.2) is 30.7 Å². The lowest BCUT2D eigenvalue weighted by molar-refractivity contribution is -0.152. The fraction of sp³-hybridized carbons (Fsp3) is 0.607. The highest BCUT2D eigenvalue weighted by atomic mass is 19.4. The monoisotopic (exact) mass is 588 g/mol. The largest absolute Gasteiger partial charge is 0.389 e. The minimum absolute atomic E-state index is 0.0280. The molecule has 0 radical (unpaired) electrons. The number of rotatable bonds is 8. The first kappa shape index (κ1) is 28.6. The maximum atomic E-state index is 12.8. The number of likely N-dealkylation sites (N-methyl/N-ethyl adjacent to an activating group) is 1. The third-order valence-corrected chi connectivity index (χ3v) is 8.76. The number of nitrogens with zero attached hydrogens (tertiary/aromatic N) is 7. The summed E-state index contributed by atoms with van der Waals surface area (Å²) in [7, 11) is 2.04. The van der Waals surface area contributed by atoms with Crippen molar-refractivity contribution in [1.82, 2.24) is 34.2 Å². The predicted molar refractivity (Wildman–Crippen MR) is 146 cm³/mol. The smallest absolute Gasteiger partial charge is 0.381 e. The molecular formula is C28H35F3N8O3. The lowest BCUT2D eigenvalue weighted by Crippen LogP contribution is -2.48. The topological polar surface area (TPSA) is 110 Å². The summed E-state index contributed by atoms with van der Waals surface area (Å²) in [6, 6.07) is 3.90. The highest BCUT2D eigenvalue weighted by Gasteiger charge is 2.45. The van der Waals surface area contributed by atoms with Crippen molar-refractivity contribution < 1.29 is 27.5 Å². The van der Waals surface area contributed by atoms with Crippen LogP contribution in [0.3, 0.4) is 0 Å². The van der Waals surface area contributed by atoms with Crippen molar-refractivity contribution >= 4 is 29.0 Å². The Morgan fingerprint density at radius 1 is 1.12 bits per heavy atom. The van der Waals surface area contributed by atoms with E-state index in [1.54, 1.807) is 21.6 Å². The van der Waals surface area contributed by atoms with Gasteiger partial charge in [-0.05, 0) is 43.7 Å². The number of amides is 1. The lowest BCUT2D eigenvalue weighted by atomic mass is 9.63. The third-order valence-electron chi connectivity index (χ3n) is 8.76. The molecule has 1 aliphatic carbocycles. The molecule has 1 N–H and O–H groups in total. The van der Waals surface area contributed by atoms with E-state index in [2.05, 4.69) is 20.4 Å². The molecule has 3 aliphatic rings. The Kier molecular flexibility index (Phi) is 7.92. The molecule has 1 saturated carbocycles. The van der Waals surface area contributed by atoms with Crippen LogP contribution in [0.5, 0.6) is 0 Å². The highest BCUT2D eigenvalue weighted by Crippen LogP contribution is 2.47. The quantitative estimate of drug-likeness (QED) is 0.428. The first-order valence-corrected chi connectivity index (χ1v) is 14.4. The van der Waals surface area contributed by atoms with E-state index in [9.17, 15) is 22.8 Å². The normalized spacial score (nSPS) is 25.1. The fourth-order valence-electron chi connectivity index (χ4n) is 6.67. The van der Waals surface area contributed by atoms with Crippen LogP contribution in [0.25, 0.3) is 5.65 Å². The summed E-state index contributed by atoms with van der Waals surface area (Å²) in [5, 5.41) is 12.1. The summed E-state index contributed by atoms with van der Waals surface area (Å²) in [5.41, 5.74) is 2.33. The maximum absolute atomic E-state index is 12.8. The number of alkyl halides is 3. The van der Waals surface area contributed by atoms with Gasteiger partial charge >= 0.3 is 6.18 Å². The molecule has 226 valence electrons. The molecule has 2 bridgehead atoms. The first-order chi connectivity index (χ1) is 20.1. The van der Waals surface area contributed by atoms with Crippen molar-refractivity contribution in [2.75, 3.05) is 51.8 Å². The number of pyridine rings is 1. The summed E-state index contributed by atoms with van der Waals surface area (Å²) in [6.45, 7) is 4.03. The zero-order valence-corrected chi connectivity index (χ0v) is 23.5. The molecule has 3 aromatic rings. The standard InChI is InChI=1S/C28H35F3N8O3/c1-36-7-9-37(10-8-36)24(41)15-38-14-21(13-32-38)33-27-34-26-22(3-2-6-39(26)35-27)18-11-19-16-42-17-20(12-18)25(19)23(40)4-5-28(29,30)31/h2-3,6,13-14,18-20,25H,4-5,7-12,15-17H2,1H3,(H,33,35). The van der Waals surface area contributed by atoms with Gasteiger partial charge in [0.15, 0.2) is 5.65 Å². The number of hydrogen-bond donors (Lipinski definition) is 1. The van der Waals surface area contributed by atoms with Crippen molar-refractivity contribution in [3.05, 3.63) is 36.3 Å². The Bertz CT molecular complexity index is 1420. The zero-order chi connectivity index (χ0) is 29.4. The summed E-state index contributed by atoms with van der Waals surface area (Å²) in [6.07, 6.45) is 0.582. The molecule has 2 aliphatic heterocycles. The summed E-state index contributed by atoms with van der Waals surface area (Å²) < 4.78 is 47.3. The van der Waals surface area contributed by atoms with Gasteiger partial charge in [0.25, 0.3) is 0 Å². The zero-order valence-electron chi connectivity index (χ0n) is 23.5. The summed E-state index contributed by atoms with van der Waals surface area (Å²) >= 11 is 0. The van der Waals surface area contributed by atoms with Crippen molar-refractivity contribution in [2.24, 2.45) is 17.8 Å². The number of carbonyl (C=O) groups is 2. The van der Waals surface area contributed by atoms with Crippen LogP contribution in [-0.4, -0.2) is 98.5 Å². The number of anilines is 2. The van der Waals surface area contributed by atoms with E-state index in [4.69, 9.17) is 9.72 Å². The molecule has 0 aromatic carbocycles. The second-order valence-electron chi connectivity index (χ2n) is 11.7. The molecule has 0 spiro atoms. The number of piperazine rings is 1. The number of nitrogens with one attached hydrogen (secondary N) is 1. The van der Waals surface area contributed by atoms with Crippen LogP contribution in [-0.2, 0) is 20.9 Å². The van der Waals surface area contributed by atoms with Gasteiger partial charge in [-0.1, -0.05) is 6.07 Å². The van der Waals surface area contributed by atoms with E-state index in [1.807, 2.05) is 30.3 Å². The van der Waals surface area contributed by atoms with Gasteiger partial charge in [-0.25, -0.2) is 4.52 Å². The van der Waals surface area contributed by atoms with E-state index in [0.29, 0.717) is 56.4 Å². The second kappa shape index (κ2) is 11.6. The van der Waals surface area contributed by atoms with Crippen molar-refractivity contribution in [3.8, 4) is 0 Å². The van der Waals surface area contributed by atoms with E-state index < -0.39 is 24.9 Å². The Morgan fingerprint density at radius 3 is 2.57 bits per heavy atom. The Labute approximate surface area is 241 Å². The molecule has 14 heteroatoms. The molecule has 2 unspecified atom stereocenters. The highest BCUT2D eigenvalue weighted by molar-refractivity contribution is 5.82. The predicted octanol–water partition coefficient (Wildman–Crippen LogP) is 3.11. The number of halogens is 3. The van der Waals surface area contributed by atoms with E-state index >= 15 is 0 Å². The van der Waals surface area contributed by atoms with Gasteiger partial charge in [0.2, 0.25) is 11.9 Å². The molecule has 42 heavy (non-hydrogen) atoms. The molecule has 2 saturated heterocycles. The van der Waals surface area contributed by atoms with Gasteiger partial charge in [-0.15, -0.1) is 5.10 Å². The molecule has 5 heterocycles. The number of aromatic nitrogens is 5. The van der Waals surface area contributed by atoms with Crippen LogP contribution in [0.1, 0.15) is 37.2 Å². The summed E-state index contributed by atoms with van der Waals surface area (Å²) in [5.74, 6) is -0.451. The molecular weight excluding hydrogens is 553 g/mol. The number of Topliss-reactive ketones (excluding diaryl/α,β-unsaturated/α-hetero) is 1. The minimum Gasteiger partial charge on any atom is -0.381 e. The Balaban J connectivity index is 1.12. The van der Waals surface area contributed by atoms with Gasteiger partial charge in [-0.2, -0.15) is 23.3 Å². The molecule has 3 aromatic heterocycles. The SMILES string of the molecule is CN1CCN(C(=O)Cn2cc(Nc3nc4c(C5CC6COCC(C5)C6C(=O)CCC(F)(F)F)cccn4n3)cn2)CC1. The van der Waals surface area contributed by atoms with Crippen LogP contribution in [0.4, 0.5) is 24.8 Å². The molecule has 11 nitrogen and oxygen atoms in total. The van der Waals surface area contributed by atoms with Gasteiger partial charge in [-0.3, -0.25) is 14.3 Å². The van der Waals surface area contributed by atoms with Crippen molar-refractivity contribution in [3.63, 3.8) is 0 Å². The van der Waals surface area contributed by atoms with Gasteiger partial charge < -0.3 is 19.9 Å². The van der Waals surface area contributed by atoms with Crippen LogP contribution in [0.2, 0.25) is 0 Å². The number of carbonyl (C=O) groups excluding carboxylic acids is 2. The van der Waals surface area contributed by atoms with E-state index in [0.717, 1.165) is 18.7 Å². The Hall–Kier alpha value is -3.52. The average Bonchev–Trinajstić information content (AvgIpc) is 3.57. The molecule has 6 rings (SSSR count). The van der Waals surface area contributed by atoms with Crippen LogP contribution in [0, 0.1) is 17.8 Å². The fourth-order valence-corrected chi connectivity index (χ4v) is 6.67. The maximum Gasteiger partial charge on any atom is 0.389 e. The van der Waals surface area contributed by atoms with E-state index in [-0.39, 0.29) is 36.0 Å². The van der Waals surface area contributed by atoms with E-state index in [1.165, 1.54) is 0 Å². The second-order valence-corrected chi connectivity index (χ2v) is 11.7. The van der Waals surface area contributed by atoms with Crippen molar-refractivity contribution in [2.45, 2.75) is 44.3 Å². The number of ketones is 1. The van der Waals surface area contributed by atoms with Crippen LogP contribution >= 0.6 is 0 Å².